The van der Waals surface area contributed by atoms with Gasteiger partial charge in [0, 0.05) is 35.8 Å². The quantitative estimate of drug-likeness (QED) is 0.695. The summed E-state index contributed by atoms with van der Waals surface area (Å²) < 4.78 is 7.01. The van der Waals surface area contributed by atoms with E-state index in [-0.39, 0.29) is 0 Å². The Balaban J connectivity index is 2.31. The SMILES string of the molecule is Cc1ccc2c(-c3cc(N)on3)cn(C)c2c1. The first kappa shape index (κ1) is 9.96. The maximum atomic E-state index is 5.55. The molecule has 0 aliphatic carbocycles. The van der Waals surface area contributed by atoms with Gasteiger partial charge in [0.05, 0.1) is 0 Å². The van der Waals surface area contributed by atoms with E-state index in [9.17, 15) is 0 Å². The topological polar surface area (TPSA) is 57.0 Å². The van der Waals surface area contributed by atoms with Gasteiger partial charge in [0.25, 0.3) is 0 Å². The molecule has 2 aromatic heterocycles. The summed E-state index contributed by atoms with van der Waals surface area (Å²) >= 11 is 0. The Morgan fingerprint density at radius 1 is 1.29 bits per heavy atom. The summed E-state index contributed by atoms with van der Waals surface area (Å²) in [5, 5.41) is 5.12. The maximum absolute atomic E-state index is 5.55. The van der Waals surface area contributed by atoms with Crippen LogP contribution in [0.15, 0.2) is 35.0 Å². The first-order chi connectivity index (χ1) is 8.15. The monoisotopic (exact) mass is 227 g/mol. The minimum atomic E-state index is 0.337. The highest BCUT2D eigenvalue weighted by atomic mass is 16.5. The third-order valence-electron chi connectivity index (χ3n) is 2.95. The molecule has 0 aliphatic heterocycles. The number of nitrogens with zero attached hydrogens (tertiary/aromatic N) is 2. The van der Waals surface area contributed by atoms with Gasteiger partial charge in [-0.05, 0) is 18.6 Å². The van der Waals surface area contributed by atoms with Crippen molar-refractivity contribution in [3.8, 4) is 11.3 Å². The summed E-state index contributed by atoms with van der Waals surface area (Å²) in [6.07, 6.45) is 2.04. The Labute approximate surface area is 98.6 Å². The van der Waals surface area contributed by atoms with E-state index in [2.05, 4.69) is 34.8 Å². The molecule has 1 aromatic carbocycles. The zero-order chi connectivity index (χ0) is 12.0. The number of rotatable bonds is 1. The predicted octanol–water partition coefficient (Wildman–Crippen LogP) is 2.72. The summed E-state index contributed by atoms with van der Waals surface area (Å²) in [6.45, 7) is 2.08. The number of fused-ring (bicyclic) bond motifs is 1. The zero-order valence-electron chi connectivity index (χ0n) is 9.77. The van der Waals surface area contributed by atoms with Crippen molar-refractivity contribution in [3.05, 3.63) is 36.0 Å². The highest BCUT2D eigenvalue weighted by Crippen LogP contribution is 2.30. The van der Waals surface area contributed by atoms with Gasteiger partial charge in [-0.1, -0.05) is 17.3 Å². The van der Waals surface area contributed by atoms with Gasteiger partial charge in [0.2, 0.25) is 5.88 Å². The molecule has 0 bridgehead atoms. The molecule has 0 saturated carbocycles. The normalized spacial score (nSPS) is 11.2. The molecule has 17 heavy (non-hydrogen) atoms. The van der Waals surface area contributed by atoms with Gasteiger partial charge in [0.1, 0.15) is 5.69 Å². The molecular weight excluding hydrogens is 214 g/mol. The molecule has 0 atom stereocenters. The molecule has 3 rings (SSSR count). The fraction of sp³-hybridized carbons (Fsp3) is 0.154. The van der Waals surface area contributed by atoms with E-state index in [1.165, 1.54) is 11.1 Å². The Morgan fingerprint density at radius 2 is 2.12 bits per heavy atom. The molecule has 0 radical (unpaired) electrons. The molecule has 3 aromatic rings. The van der Waals surface area contributed by atoms with Crippen molar-refractivity contribution in [1.82, 2.24) is 9.72 Å². The molecule has 86 valence electrons. The van der Waals surface area contributed by atoms with Crippen molar-refractivity contribution >= 4 is 16.8 Å². The lowest BCUT2D eigenvalue weighted by molar-refractivity contribution is 0.439. The number of hydrogen-bond acceptors (Lipinski definition) is 3. The molecule has 0 aliphatic rings. The van der Waals surface area contributed by atoms with Crippen LogP contribution in [0.1, 0.15) is 5.56 Å². The Morgan fingerprint density at radius 3 is 2.82 bits per heavy atom. The Hall–Kier alpha value is -2.23. The van der Waals surface area contributed by atoms with E-state index < -0.39 is 0 Å². The molecule has 0 saturated heterocycles. The average molecular weight is 227 g/mol. The van der Waals surface area contributed by atoms with Gasteiger partial charge < -0.3 is 14.8 Å². The van der Waals surface area contributed by atoms with E-state index in [0.717, 1.165) is 16.6 Å². The maximum Gasteiger partial charge on any atom is 0.222 e. The largest absolute Gasteiger partial charge is 0.368 e. The zero-order valence-corrected chi connectivity index (χ0v) is 9.77. The second-order valence-corrected chi connectivity index (χ2v) is 4.29. The van der Waals surface area contributed by atoms with Gasteiger partial charge in [0.15, 0.2) is 0 Å². The third-order valence-corrected chi connectivity index (χ3v) is 2.95. The van der Waals surface area contributed by atoms with Crippen LogP contribution < -0.4 is 5.73 Å². The van der Waals surface area contributed by atoms with Crippen LogP contribution in [0.5, 0.6) is 0 Å². The van der Waals surface area contributed by atoms with E-state index in [1.54, 1.807) is 6.07 Å². The van der Waals surface area contributed by atoms with E-state index >= 15 is 0 Å². The molecule has 0 amide bonds. The number of aryl methyl sites for hydroxylation is 2. The average Bonchev–Trinajstić information content (AvgIpc) is 2.84. The molecule has 0 spiro atoms. The number of hydrogen-bond donors (Lipinski definition) is 1. The smallest absolute Gasteiger partial charge is 0.222 e. The van der Waals surface area contributed by atoms with Crippen molar-refractivity contribution in [3.63, 3.8) is 0 Å². The van der Waals surface area contributed by atoms with Crippen LogP contribution in [0, 0.1) is 6.92 Å². The molecule has 0 fully saturated rings. The fourth-order valence-corrected chi connectivity index (χ4v) is 2.11. The standard InChI is InChI=1S/C13H13N3O/c1-8-3-4-9-10(7-16(2)12(9)5-8)11-6-13(14)17-15-11/h3-7H,14H2,1-2H3. The van der Waals surface area contributed by atoms with Crippen molar-refractivity contribution in [2.45, 2.75) is 6.92 Å². The Kier molecular flexibility index (Phi) is 1.98. The van der Waals surface area contributed by atoms with Gasteiger partial charge in [-0.25, -0.2) is 0 Å². The van der Waals surface area contributed by atoms with Crippen LogP contribution in [0.2, 0.25) is 0 Å². The van der Waals surface area contributed by atoms with Crippen molar-refractivity contribution in [1.29, 1.82) is 0 Å². The summed E-state index contributed by atoms with van der Waals surface area (Å²) in [6, 6.07) is 8.09. The van der Waals surface area contributed by atoms with Crippen LogP contribution in [0.3, 0.4) is 0 Å². The number of nitrogens with two attached hydrogens (primary N) is 1. The lowest BCUT2D eigenvalue weighted by Gasteiger charge is -1.97. The number of aromatic nitrogens is 2. The molecular formula is C13H13N3O. The minimum absolute atomic E-state index is 0.337. The van der Waals surface area contributed by atoms with Crippen molar-refractivity contribution < 1.29 is 4.52 Å². The van der Waals surface area contributed by atoms with Crippen LogP contribution in [0.4, 0.5) is 5.88 Å². The lowest BCUT2D eigenvalue weighted by atomic mass is 10.1. The fourth-order valence-electron chi connectivity index (χ4n) is 2.11. The minimum Gasteiger partial charge on any atom is -0.368 e. The van der Waals surface area contributed by atoms with Crippen LogP contribution in [-0.4, -0.2) is 9.72 Å². The van der Waals surface area contributed by atoms with Gasteiger partial charge in [-0.3, -0.25) is 0 Å². The summed E-state index contributed by atoms with van der Waals surface area (Å²) in [5.41, 5.74) is 9.80. The van der Waals surface area contributed by atoms with Gasteiger partial charge in [-0.2, -0.15) is 0 Å². The second kappa shape index (κ2) is 3.38. The Bertz CT molecular complexity index is 694. The first-order valence-corrected chi connectivity index (χ1v) is 5.43. The molecule has 2 N–H and O–H groups in total. The van der Waals surface area contributed by atoms with E-state index in [4.69, 9.17) is 10.3 Å². The molecule has 4 nitrogen and oxygen atoms in total. The lowest BCUT2D eigenvalue weighted by Crippen LogP contribution is -1.83. The van der Waals surface area contributed by atoms with Crippen molar-refractivity contribution in [2.75, 3.05) is 5.73 Å². The summed E-state index contributed by atoms with van der Waals surface area (Å²) in [4.78, 5) is 0. The molecule has 2 heterocycles. The van der Waals surface area contributed by atoms with E-state index in [1.807, 2.05) is 13.2 Å². The molecule has 0 unspecified atom stereocenters. The number of anilines is 1. The molecule has 4 heteroatoms. The number of nitrogen functional groups attached to an aromatic ring is 1. The summed E-state index contributed by atoms with van der Waals surface area (Å²) in [7, 11) is 2.02. The van der Waals surface area contributed by atoms with Crippen LogP contribution in [0.25, 0.3) is 22.2 Å². The highest BCUT2D eigenvalue weighted by molar-refractivity contribution is 5.95. The summed E-state index contributed by atoms with van der Waals surface area (Å²) in [5.74, 6) is 0.337. The van der Waals surface area contributed by atoms with Gasteiger partial charge in [-0.15, -0.1) is 0 Å². The predicted molar refractivity (Wildman–Crippen MR) is 67.6 cm³/mol. The first-order valence-electron chi connectivity index (χ1n) is 5.43. The van der Waals surface area contributed by atoms with Gasteiger partial charge >= 0.3 is 0 Å². The van der Waals surface area contributed by atoms with E-state index in [0.29, 0.717) is 5.88 Å². The number of benzene rings is 1. The second-order valence-electron chi connectivity index (χ2n) is 4.29. The highest BCUT2D eigenvalue weighted by Gasteiger charge is 2.12. The van der Waals surface area contributed by atoms with Crippen LogP contribution in [-0.2, 0) is 7.05 Å². The van der Waals surface area contributed by atoms with Crippen LogP contribution >= 0.6 is 0 Å². The third kappa shape index (κ3) is 1.49. The van der Waals surface area contributed by atoms with Crippen molar-refractivity contribution in [2.24, 2.45) is 7.05 Å².